The lowest BCUT2D eigenvalue weighted by Crippen LogP contribution is -2.34. The summed E-state index contributed by atoms with van der Waals surface area (Å²) in [5, 5.41) is 0. The molecule has 1 heterocycles. The van der Waals surface area contributed by atoms with Crippen molar-refractivity contribution in [2.24, 2.45) is 5.92 Å². The van der Waals surface area contributed by atoms with Crippen LogP contribution < -0.4 is 9.47 Å². The number of aryl methyl sites for hydroxylation is 1. The third-order valence-corrected chi connectivity index (χ3v) is 5.61. The molecule has 1 aromatic carbocycles. The number of ketones is 1. The Kier molecular flexibility index (Phi) is 8.71. The van der Waals surface area contributed by atoms with E-state index in [1.807, 2.05) is 19.9 Å². The lowest BCUT2D eigenvalue weighted by molar-refractivity contribution is 0.103. The second-order valence-corrected chi connectivity index (χ2v) is 7.68. The molecule has 1 aromatic rings. The number of benzene rings is 1. The summed E-state index contributed by atoms with van der Waals surface area (Å²) in [7, 11) is 3.20. The molecule has 0 unspecified atom stereocenters. The van der Waals surface area contributed by atoms with Crippen LogP contribution in [0.4, 0.5) is 0 Å². The summed E-state index contributed by atoms with van der Waals surface area (Å²) in [6.07, 6.45) is 10.8. The minimum atomic E-state index is 0.0650. The molecule has 4 heteroatoms. The smallest absolute Gasteiger partial charge is 0.188 e. The van der Waals surface area contributed by atoms with Gasteiger partial charge < -0.3 is 9.47 Å². The Morgan fingerprint density at radius 1 is 1.14 bits per heavy atom. The molecule has 2 rings (SSSR count). The summed E-state index contributed by atoms with van der Waals surface area (Å²) >= 11 is 0. The summed E-state index contributed by atoms with van der Waals surface area (Å²) in [6.45, 7) is 11.1. The SMILES string of the molecule is C/C=C\C(=C/C)CN1CCC(/C=C(\C)C(=O)c2cc(OC)c(OC)cc2C)CC1. The molecule has 4 nitrogen and oxygen atoms in total. The predicted molar refractivity (Wildman–Crippen MR) is 120 cm³/mol. The third kappa shape index (κ3) is 6.07. The number of hydrogen-bond acceptors (Lipinski definition) is 4. The molecule has 29 heavy (non-hydrogen) atoms. The van der Waals surface area contributed by atoms with Crippen LogP contribution in [0.2, 0.25) is 0 Å². The zero-order chi connectivity index (χ0) is 21.4. The summed E-state index contributed by atoms with van der Waals surface area (Å²) in [6, 6.07) is 3.65. The molecule has 0 spiro atoms. The Bertz CT molecular complexity index is 797. The molecule has 1 aliphatic heterocycles. The maximum absolute atomic E-state index is 13.0. The van der Waals surface area contributed by atoms with Crippen LogP contribution in [0.3, 0.4) is 0 Å². The van der Waals surface area contributed by atoms with Crippen molar-refractivity contribution in [2.45, 2.75) is 40.5 Å². The van der Waals surface area contributed by atoms with Crippen LogP contribution in [0.5, 0.6) is 11.5 Å². The number of nitrogens with zero attached hydrogens (tertiary/aromatic N) is 1. The maximum Gasteiger partial charge on any atom is 0.188 e. The lowest BCUT2D eigenvalue weighted by atomic mass is 9.91. The Balaban J connectivity index is 2.04. The van der Waals surface area contributed by atoms with Gasteiger partial charge in [-0.3, -0.25) is 9.69 Å². The number of Topliss-reactive ketones (excluding diaryl/α,β-unsaturated/α-hetero) is 1. The van der Waals surface area contributed by atoms with E-state index in [0.717, 1.165) is 43.6 Å². The highest BCUT2D eigenvalue weighted by Crippen LogP contribution is 2.31. The number of carbonyl (C=O) groups excluding carboxylic acids is 1. The van der Waals surface area contributed by atoms with Gasteiger partial charge in [-0.1, -0.05) is 24.3 Å². The summed E-state index contributed by atoms with van der Waals surface area (Å²) in [5.41, 5.74) is 3.75. The Morgan fingerprint density at radius 2 is 1.76 bits per heavy atom. The molecule has 0 N–H and O–H groups in total. The number of methoxy groups -OCH3 is 2. The molecule has 0 aliphatic carbocycles. The molecular formula is C25H35NO3. The van der Waals surface area contributed by atoms with Crippen molar-refractivity contribution in [1.82, 2.24) is 4.90 Å². The highest BCUT2D eigenvalue weighted by atomic mass is 16.5. The minimum absolute atomic E-state index is 0.0650. The Labute approximate surface area is 175 Å². The first kappa shape index (κ1) is 23.0. The van der Waals surface area contributed by atoms with E-state index in [9.17, 15) is 4.79 Å². The Morgan fingerprint density at radius 3 is 2.31 bits per heavy atom. The molecule has 0 radical (unpaired) electrons. The first-order valence-electron chi connectivity index (χ1n) is 10.4. The van der Waals surface area contributed by atoms with Gasteiger partial charge in [0.25, 0.3) is 0 Å². The number of carbonyl (C=O) groups is 1. The second-order valence-electron chi connectivity index (χ2n) is 7.68. The number of allylic oxidation sites excluding steroid dienone is 4. The minimum Gasteiger partial charge on any atom is -0.493 e. The van der Waals surface area contributed by atoms with Crippen molar-refractivity contribution in [2.75, 3.05) is 33.9 Å². The molecule has 1 fully saturated rings. The lowest BCUT2D eigenvalue weighted by Gasteiger charge is -2.31. The first-order chi connectivity index (χ1) is 13.9. The van der Waals surface area contributed by atoms with E-state index >= 15 is 0 Å². The summed E-state index contributed by atoms with van der Waals surface area (Å²) < 4.78 is 10.7. The molecule has 1 aliphatic rings. The van der Waals surface area contributed by atoms with Crippen LogP contribution in [-0.4, -0.2) is 44.5 Å². The predicted octanol–water partition coefficient (Wildman–Crippen LogP) is 5.38. The number of hydrogen-bond donors (Lipinski definition) is 0. The monoisotopic (exact) mass is 397 g/mol. The van der Waals surface area contributed by atoms with Crippen molar-refractivity contribution in [1.29, 1.82) is 0 Å². The van der Waals surface area contributed by atoms with Gasteiger partial charge in [0.2, 0.25) is 0 Å². The van der Waals surface area contributed by atoms with Crippen molar-refractivity contribution in [3.8, 4) is 11.5 Å². The van der Waals surface area contributed by atoms with Gasteiger partial charge in [-0.25, -0.2) is 0 Å². The van der Waals surface area contributed by atoms with Crippen LogP contribution in [-0.2, 0) is 0 Å². The van der Waals surface area contributed by atoms with Gasteiger partial charge in [-0.2, -0.15) is 0 Å². The van der Waals surface area contributed by atoms with E-state index in [1.54, 1.807) is 20.3 Å². The number of ether oxygens (including phenoxy) is 2. The van der Waals surface area contributed by atoms with E-state index in [2.05, 4.69) is 43.1 Å². The number of likely N-dealkylation sites (tertiary alicyclic amines) is 1. The van der Waals surface area contributed by atoms with Gasteiger partial charge in [-0.05, 0) is 88.4 Å². The van der Waals surface area contributed by atoms with E-state index in [1.165, 1.54) is 5.57 Å². The molecule has 0 atom stereocenters. The standard InChI is InChI=1S/C25H35NO3/c1-7-9-20(8-2)17-26-12-10-21(11-13-26)14-19(4)25(27)22-16-24(29-6)23(28-5)15-18(22)3/h7-9,14-16,21H,10-13,17H2,1-6H3/b9-7-,19-14+,20-8+. The first-order valence-corrected chi connectivity index (χ1v) is 10.4. The maximum atomic E-state index is 13.0. The van der Waals surface area contributed by atoms with Crippen molar-refractivity contribution < 1.29 is 14.3 Å². The van der Waals surface area contributed by atoms with Crippen molar-refractivity contribution >= 4 is 5.78 Å². The number of piperidine rings is 1. The van der Waals surface area contributed by atoms with Gasteiger partial charge in [0.15, 0.2) is 17.3 Å². The van der Waals surface area contributed by atoms with Crippen LogP contribution in [0, 0.1) is 12.8 Å². The third-order valence-electron chi connectivity index (χ3n) is 5.61. The second kappa shape index (κ2) is 11.0. The zero-order valence-electron chi connectivity index (χ0n) is 18.7. The summed E-state index contributed by atoms with van der Waals surface area (Å²) in [5.74, 6) is 1.75. The molecule has 0 saturated carbocycles. The molecule has 158 valence electrons. The highest BCUT2D eigenvalue weighted by molar-refractivity contribution is 6.09. The van der Waals surface area contributed by atoms with Gasteiger partial charge in [0.1, 0.15) is 0 Å². The topological polar surface area (TPSA) is 38.8 Å². The largest absolute Gasteiger partial charge is 0.493 e. The zero-order valence-corrected chi connectivity index (χ0v) is 18.7. The molecule has 0 aromatic heterocycles. The van der Waals surface area contributed by atoms with E-state index < -0.39 is 0 Å². The number of rotatable bonds is 8. The van der Waals surface area contributed by atoms with Crippen LogP contribution in [0.25, 0.3) is 0 Å². The average molecular weight is 398 g/mol. The van der Waals surface area contributed by atoms with Crippen LogP contribution in [0.1, 0.15) is 49.5 Å². The van der Waals surface area contributed by atoms with E-state index in [-0.39, 0.29) is 5.78 Å². The van der Waals surface area contributed by atoms with Gasteiger partial charge >= 0.3 is 0 Å². The molecular weight excluding hydrogens is 362 g/mol. The fourth-order valence-corrected chi connectivity index (χ4v) is 3.86. The normalized spacial score (nSPS) is 17.0. The van der Waals surface area contributed by atoms with Gasteiger partial charge in [0, 0.05) is 12.1 Å². The van der Waals surface area contributed by atoms with E-state index in [0.29, 0.717) is 23.0 Å². The van der Waals surface area contributed by atoms with Crippen LogP contribution in [0.15, 0.2) is 47.6 Å². The quantitative estimate of drug-likeness (QED) is 0.336. The molecule has 1 saturated heterocycles. The van der Waals surface area contributed by atoms with Crippen LogP contribution >= 0.6 is 0 Å². The highest BCUT2D eigenvalue weighted by Gasteiger charge is 2.21. The summed E-state index contributed by atoms with van der Waals surface area (Å²) in [4.78, 5) is 15.5. The Hall–Kier alpha value is -2.33. The van der Waals surface area contributed by atoms with E-state index in [4.69, 9.17) is 9.47 Å². The fraction of sp³-hybridized carbons (Fsp3) is 0.480. The van der Waals surface area contributed by atoms with Gasteiger partial charge in [-0.15, -0.1) is 0 Å². The molecule has 0 bridgehead atoms. The van der Waals surface area contributed by atoms with Crippen molar-refractivity contribution in [3.63, 3.8) is 0 Å². The van der Waals surface area contributed by atoms with Crippen molar-refractivity contribution in [3.05, 3.63) is 58.7 Å². The average Bonchev–Trinajstić information content (AvgIpc) is 2.73. The molecule has 0 amide bonds. The van der Waals surface area contributed by atoms with Gasteiger partial charge in [0.05, 0.1) is 14.2 Å². The fourth-order valence-electron chi connectivity index (χ4n) is 3.86.